The van der Waals surface area contributed by atoms with Crippen LogP contribution in [-0.2, 0) is 4.79 Å². The van der Waals surface area contributed by atoms with Crippen molar-refractivity contribution in [3.63, 3.8) is 0 Å². The second-order valence-electron chi connectivity index (χ2n) is 5.33. The summed E-state index contributed by atoms with van der Waals surface area (Å²) in [4.78, 5) is 12.0. The van der Waals surface area contributed by atoms with Crippen molar-refractivity contribution in [2.75, 3.05) is 13.1 Å². The van der Waals surface area contributed by atoms with Crippen LogP contribution in [0.25, 0.3) is 0 Å². The average Bonchev–Trinajstić information content (AvgIpc) is 2.47. The first-order valence-corrected chi connectivity index (χ1v) is 6.29. The third-order valence-electron chi connectivity index (χ3n) is 4.33. The molecule has 3 nitrogen and oxygen atoms in total. The predicted octanol–water partition coefficient (Wildman–Crippen LogP) is 1.46. The second-order valence-corrected chi connectivity index (χ2v) is 5.33. The molecule has 90 valence electrons. The predicted molar refractivity (Wildman–Crippen MR) is 65.1 cm³/mol. The number of nitrogens with one attached hydrogen (secondary N) is 2. The highest BCUT2D eigenvalue weighted by atomic mass is 16.1. The van der Waals surface area contributed by atoms with Gasteiger partial charge < -0.3 is 10.6 Å². The Morgan fingerprint density at radius 3 is 2.44 bits per heavy atom. The van der Waals surface area contributed by atoms with Crippen LogP contribution in [0.2, 0.25) is 0 Å². The van der Waals surface area contributed by atoms with E-state index in [0.717, 1.165) is 31.0 Å². The highest BCUT2D eigenvalue weighted by Crippen LogP contribution is 2.31. The zero-order chi connectivity index (χ0) is 11.7. The van der Waals surface area contributed by atoms with Crippen LogP contribution in [-0.4, -0.2) is 25.0 Å². The van der Waals surface area contributed by atoms with Gasteiger partial charge in [-0.25, -0.2) is 0 Å². The number of rotatable bonds is 2. The van der Waals surface area contributed by atoms with Gasteiger partial charge in [0.1, 0.15) is 0 Å². The molecule has 2 aliphatic rings. The second kappa shape index (κ2) is 4.58. The van der Waals surface area contributed by atoms with E-state index in [-0.39, 0.29) is 5.91 Å². The zero-order valence-electron chi connectivity index (χ0n) is 10.5. The molecule has 1 aliphatic heterocycles. The van der Waals surface area contributed by atoms with E-state index in [1.807, 2.05) is 6.92 Å². The largest absolute Gasteiger partial charge is 0.349 e. The Kier molecular flexibility index (Phi) is 3.33. The summed E-state index contributed by atoms with van der Waals surface area (Å²) in [5.41, 5.74) is 2.18. The van der Waals surface area contributed by atoms with E-state index in [1.54, 1.807) is 0 Å². The van der Waals surface area contributed by atoms with Gasteiger partial charge in [0.2, 0.25) is 5.91 Å². The van der Waals surface area contributed by atoms with Crippen molar-refractivity contribution >= 4 is 5.91 Å². The summed E-state index contributed by atoms with van der Waals surface area (Å²) in [5, 5.41) is 6.35. The van der Waals surface area contributed by atoms with Crippen LogP contribution in [0.3, 0.4) is 0 Å². The minimum Gasteiger partial charge on any atom is -0.349 e. The molecule has 0 aromatic rings. The van der Waals surface area contributed by atoms with E-state index < -0.39 is 0 Å². The molecule has 1 saturated heterocycles. The summed E-state index contributed by atoms with van der Waals surface area (Å²) in [5.74, 6) is 1.49. The molecule has 3 heteroatoms. The quantitative estimate of drug-likeness (QED) is 0.694. The molecule has 1 aliphatic carbocycles. The lowest BCUT2D eigenvalue weighted by Crippen LogP contribution is -2.41. The minimum absolute atomic E-state index is 0.141. The fraction of sp³-hybridized carbons (Fsp3) is 0.769. The fourth-order valence-corrected chi connectivity index (χ4v) is 2.52. The van der Waals surface area contributed by atoms with Crippen LogP contribution in [0.4, 0.5) is 0 Å². The fourth-order valence-electron chi connectivity index (χ4n) is 2.52. The van der Waals surface area contributed by atoms with Gasteiger partial charge in [-0.1, -0.05) is 13.8 Å². The number of carbonyl (C=O) groups is 1. The summed E-state index contributed by atoms with van der Waals surface area (Å²) >= 11 is 0. The van der Waals surface area contributed by atoms with Gasteiger partial charge in [0, 0.05) is 24.7 Å². The molecule has 3 atom stereocenters. The lowest BCUT2D eigenvalue weighted by molar-refractivity contribution is -0.118. The number of hydrogen-bond acceptors (Lipinski definition) is 2. The maximum absolute atomic E-state index is 12.0. The Morgan fingerprint density at radius 2 is 2.00 bits per heavy atom. The van der Waals surface area contributed by atoms with Crippen LogP contribution >= 0.6 is 0 Å². The normalized spacial score (nSPS) is 33.4. The average molecular weight is 222 g/mol. The van der Waals surface area contributed by atoms with E-state index in [2.05, 4.69) is 24.5 Å². The Bertz CT molecular complexity index is 316. The zero-order valence-corrected chi connectivity index (χ0v) is 10.5. The van der Waals surface area contributed by atoms with Crippen LogP contribution in [0.5, 0.6) is 0 Å². The molecule has 1 amide bonds. The SMILES string of the molecule is CC(C(=O)NC1CCC(C)C1C)=C1CNC1. The van der Waals surface area contributed by atoms with Crippen LogP contribution in [0.15, 0.2) is 11.1 Å². The van der Waals surface area contributed by atoms with Crippen LogP contribution < -0.4 is 10.6 Å². The molecule has 1 saturated carbocycles. The standard InChI is InChI=1S/C13H22N2O/c1-8-4-5-12(9(8)2)15-13(16)10(3)11-6-14-7-11/h8-9,12,14H,4-7H2,1-3H3,(H,15,16). The maximum Gasteiger partial charge on any atom is 0.247 e. The van der Waals surface area contributed by atoms with Crippen LogP contribution in [0, 0.1) is 11.8 Å². The van der Waals surface area contributed by atoms with E-state index in [9.17, 15) is 4.79 Å². The molecule has 2 N–H and O–H groups in total. The third-order valence-corrected chi connectivity index (χ3v) is 4.33. The molecule has 1 heterocycles. The van der Waals surface area contributed by atoms with E-state index in [0.29, 0.717) is 12.0 Å². The van der Waals surface area contributed by atoms with Gasteiger partial charge in [0.25, 0.3) is 0 Å². The number of amides is 1. The van der Waals surface area contributed by atoms with Gasteiger partial charge in [-0.15, -0.1) is 0 Å². The first-order valence-electron chi connectivity index (χ1n) is 6.29. The summed E-state index contributed by atoms with van der Waals surface area (Å²) in [6, 6.07) is 0.381. The van der Waals surface area contributed by atoms with E-state index in [1.165, 1.54) is 12.0 Å². The highest BCUT2D eigenvalue weighted by Gasteiger charge is 2.31. The van der Waals surface area contributed by atoms with Crippen molar-refractivity contribution in [3.8, 4) is 0 Å². The molecule has 0 aromatic heterocycles. The van der Waals surface area contributed by atoms with Crippen molar-refractivity contribution in [1.29, 1.82) is 0 Å². The van der Waals surface area contributed by atoms with Crippen molar-refractivity contribution in [2.24, 2.45) is 11.8 Å². The summed E-state index contributed by atoms with van der Waals surface area (Å²) < 4.78 is 0. The molecule has 2 rings (SSSR count). The summed E-state index contributed by atoms with van der Waals surface area (Å²) in [6.07, 6.45) is 2.37. The third kappa shape index (κ3) is 2.14. The topological polar surface area (TPSA) is 41.1 Å². The Balaban J connectivity index is 1.92. The Morgan fingerprint density at radius 1 is 1.31 bits per heavy atom. The molecule has 3 unspecified atom stereocenters. The molecule has 0 spiro atoms. The lowest BCUT2D eigenvalue weighted by atomic mass is 9.97. The minimum atomic E-state index is 0.141. The van der Waals surface area contributed by atoms with Gasteiger partial charge in [-0.05, 0) is 37.2 Å². The van der Waals surface area contributed by atoms with Crippen molar-refractivity contribution in [2.45, 2.75) is 39.7 Å². The van der Waals surface area contributed by atoms with Crippen molar-refractivity contribution in [1.82, 2.24) is 10.6 Å². The Labute approximate surface area is 97.7 Å². The van der Waals surface area contributed by atoms with Gasteiger partial charge >= 0.3 is 0 Å². The lowest BCUT2D eigenvalue weighted by Gasteiger charge is -2.24. The molecule has 16 heavy (non-hydrogen) atoms. The highest BCUT2D eigenvalue weighted by molar-refractivity contribution is 5.94. The van der Waals surface area contributed by atoms with Crippen molar-refractivity contribution < 1.29 is 4.79 Å². The number of carbonyl (C=O) groups excluding carboxylic acids is 1. The monoisotopic (exact) mass is 222 g/mol. The van der Waals surface area contributed by atoms with E-state index in [4.69, 9.17) is 0 Å². The summed E-state index contributed by atoms with van der Waals surface area (Å²) in [6.45, 7) is 8.23. The molecule has 0 aromatic carbocycles. The Hall–Kier alpha value is -0.830. The smallest absolute Gasteiger partial charge is 0.247 e. The van der Waals surface area contributed by atoms with Crippen molar-refractivity contribution in [3.05, 3.63) is 11.1 Å². The molecule has 0 bridgehead atoms. The summed E-state index contributed by atoms with van der Waals surface area (Å²) in [7, 11) is 0. The number of hydrogen-bond donors (Lipinski definition) is 2. The van der Waals surface area contributed by atoms with Gasteiger partial charge in [0.05, 0.1) is 0 Å². The molecular weight excluding hydrogens is 200 g/mol. The molecular formula is C13H22N2O. The van der Waals surface area contributed by atoms with E-state index >= 15 is 0 Å². The maximum atomic E-state index is 12.0. The first-order chi connectivity index (χ1) is 7.59. The van der Waals surface area contributed by atoms with Crippen LogP contribution in [0.1, 0.15) is 33.6 Å². The van der Waals surface area contributed by atoms with Gasteiger partial charge in [-0.2, -0.15) is 0 Å². The van der Waals surface area contributed by atoms with Gasteiger partial charge in [0.15, 0.2) is 0 Å². The molecule has 2 fully saturated rings. The van der Waals surface area contributed by atoms with Gasteiger partial charge in [-0.3, -0.25) is 4.79 Å². The molecule has 0 radical (unpaired) electrons. The first kappa shape index (κ1) is 11.6.